The second kappa shape index (κ2) is 13.8. The summed E-state index contributed by atoms with van der Waals surface area (Å²) in [5.41, 5.74) is 12.9. The van der Waals surface area contributed by atoms with Crippen LogP contribution in [-0.4, -0.2) is 4.98 Å². The number of fused-ring (bicyclic) bond motifs is 3. The third kappa shape index (κ3) is 5.81. The number of allylic oxidation sites excluding steroid dienone is 4. The molecule has 6 aromatic carbocycles. The Hall–Kier alpha value is -7.63. The molecule has 5 nitrogen and oxygen atoms in total. The molecule has 0 unspecified atom stereocenters. The van der Waals surface area contributed by atoms with E-state index in [1.54, 1.807) is 6.20 Å². The van der Waals surface area contributed by atoms with Crippen LogP contribution in [0.1, 0.15) is 36.1 Å². The van der Waals surface area contributed by atoms with Crippen LogP contribution in [0.3, 0.4) is 0 Å². The Morgan fingerprint density at radius 1 is 0.525 bits per heavy atom. The molecule has 0 atom stereocenters. The van der Waals surface area contributed by atoms with E-state index in [2.05, 4.69) is 117 Å². The summed E-state index contributed by atoms with van der Waals surface area (Å²) < 4.78 is 13.4. The average molecular weight is 764 g/mol. The minimum atomic E-state index is -0.144. The highest BCUT2D eigenvalue weighted by atomic mass is 16.5. The Morgan fingerprint density at radius 3 is 1.63 bits per heavy atom. The third-order valence-corrected chi connectivity index (χ3v) is 11.7. The van der Waals surface area contributed by atoms with Crippen molar-refractivity contribution < 1.29 is 9.47 Å². The Bertz CT molecular complexity index is 2940. The highest BCUT2D eigenvalue weighted by Crippen LogP contribution is 2.52. The number of anilines is 4. The van der Waals surface area contributed by atoms with Gasteiger partial charge in [0.05, 0.1) is 0 Å². The summed E-state index contributed by atoms with van der Waals surface area (Å²) >= 11 is 0. The number of hydrogen-bond acceptors (Lipinski definition) is 5. The van der Waals surface area contributed by atoms with Crippen LogP contribution in [0.15, 0.2) is 213 Å². The van der Waals surface area contributed by atoms with Gasteiger partial charge in [-0.15, -0.1) is 0 Å². The molecule has 0 radical (unpaired) electrons. The summed E-state index contributed by atoms with van der Waals surface area (Å²) in [5.74, 6) is 3.41. The number of pyridine rings is 1. The van der Waals surface area contributed by atoms with Gasteiger partial charge in [-0.1, -0.05) is 113 Å². The molecule has 0 N–H and O–H groups in total. The topological polar surface area (TPSA) is 37.8 Å². The smallest absolute Gasteiger partial charge is 0.137 e. The van der Waals surface area contributed by atoms with Crippen molar-refractivity contribution in [3.05, 3.63) is 235 Å². The first kappa shape index (κ1) is 35.8. The minimum Gasteiger partial charge on any atom is -0.456 e. The van der Waals surface area contributed by atoms with E-state index in [1.165, 1.54) is 22.3 Å². The molecule has 0 spiro atoms. The summed E-state index contributed by atoms with van der Waals surface area (Å²) in [4.78, 5) is 8.81. The molecular formula is C54H41N3O2. The normalized spacial score (nSPS) is 15.6. The van der Waals surface area contributed by atoms with Crippen LogP contribution < -0.4 is 19.3 Å². The summed E-state index contributed by atoms with van der Waals surface area (Å²) in [5, 5.41) is 1.87. The zero-order valence-corrected chi connectivity index (χ0v) is 33.1. The molecule has 10 rings (SSSR count). The van der Waals surface area contributed by atoms with Gasteiger partial charge in [0.15, 0.2) is 0 Å². The largest absolute Gasteiger partial charge is 0.456 e. The molecular weight excluding hydrogens is 723 g/mol. The van der Waals surface area contributed by atoms with Gasteiger partial charge in [0.2, 0.25) is 0 Å². The van der Waals surface area contributed by atoms with Gasteiger partial charge in [-0.2, -0.15) is 0 Å². The molecule has 0 saturated heterocycles. The van der Waals surface area contributed by atoms with Gasteiger partial charge >= 0.3 is 0 Å². The van der Waals surface area contributed by atoms with Gasteiger partial charge in [-0.3, -0.25) is 4.90 Å². The van der Waals surface area contributed by atoms with E-state index in [0.29, 0.717) is 28.7 Å². The number of para-hydroxylation sites is 2. The van der Waals surface area contributed by atoms with Crippen molar-refractivity contribution >= 4 is 44.8 Å². The predicted octanol–water partition coefficient (Wildman–Crippen LogP) is 13.8. The molecule has 3 aliphatic rings. The first-order chi connectivity index (χ1) is 28.7. The number of aromatic nitrogens is 1. The lowest BCUT2D eigenvalue weighted by Crippen LogP contribution is -2.19. The molecule has 2 aliphatic heterocycles. The molecule has 1 aromatic heterocycles. The molecule has 59 heavy (non-hydrogen) atoms. The molecule has 0 saturated carbocycles. The maximum absolute atomic E-state index is 6.74. The van der Waals surface area contributed by atoms with Crippen molar-refractivity contribution in [2.45, 2.75) is 19.3 Å². The third-order valence-electron chi connectivity index (χ3n) is 11.7. The van der Waals surface area contributed by atoms with Crippen LogP contribution in [0.4, 0.5) is 22.9 Å². The SMILES string of the molecule is C=C1/C(=C\C(=C)N(c2ccccc2)c2ccc3c(c2)C(C)(C)c2ccccc2-3)Oc2ccc3c4c(ccc1c24)O/C(=C/C(=C)N(c1ccccc1)c1ccccn1)C3=C. The molecule has 0 amide bonds. The summed E-state index contributed by atoms with van der Waals surface area (Å²) in [7, 11) is 0. The minimum absolute atomic E-state index is 0.144. The lowest BCUT2D eigenvalue weighted by atomic mass is 9.82. The Kier molecular flexibility index (Phi) is 8.36. The van der Waals surface area contributed by atoms with E-state index in [9.17, 15) is 0 Å². The molecule has 0 bridgehead atoms. The van der Waals surface area contributed by atoms with Gasteiger partial charge < -0.3 is 14.4 Å². The highest BCUT2D eigenvalue weighted by molar-refractivity contribution is 6.11. The molecule has 284 valence electrons. The van der Waals surface area contributed by atoms with Crippen molar-refractivity contribution in [1.82, 2.24) is 4.98 Å². The summed E-state index contributed by atoms with van der Waals surface area (Å²) in [6, 6.07) is 49.8. The van der Waals surface area contributed by atoms with Crippen molar-refractivity contribution in [3.63, 3.8) is 0 Å². The van der Waals surface area contributed by atoms with Gasteiger partial charge in [0, 0.05) is 74.1 Å². The second-order valence-corrected chi connectivity index (χ2v) is 15.6. The lowest BCUT2D eigenvalue weighted by molar-refractivity contribution is 0.442. The zero-order valence-electron chi connectivity index (χ0n) is 33.1. The fraction of sp³-hybridized carbons (Fsp3) is 0.0556. The van der Waals surface area contributed by atoms with Gasteiger partial charge in [-0.25, -0.2) is 4.98 Å². The van der Waals surface area contributed by atoms with Crippen LogP contribution in [0.25, 0.3) is 33.0 Å². The number of nitrogens with zero attached hydrogens (tertiary/aromatic N) is 3. The quantitative estimate of drug-likeness (QED) is 0.154. The monoisotopic (exact) mass is 763 g/mol. The highest BCUT2D eigenvalue weighted by Gasteiger charge is 2.36. The maximum Gasteiger partial charge on any atom is 0.137 e. The molecule has 5 heteroatoms. The van der Waals surface area contributed by atoms with E-state index in [-0.39, 0.29) is 5.41 Å². The average Bonchev–Trinajstić information content (AvgIpc) is 3.49. The standard InChI is InChI=1S/C54H41N3O2/c1-34(56(38-17-9-7-10-18-38)40-24-25-44-43-21-13-14-22-45(43)54(5,6)46(44)33-40)31-49-36(3)41-26-29-48-53-42(27-28-47(58-49)52(41)53)37(4)50(59-48)32-35(2)57(39-19-11-8-12-20-39)51-23-15-16-30-55-51/h7-33H,1-4H2,5-6H3/b49-31+,50-32+. The van der Waals surface area contributed by atoms with E-state index >= 15 is 0 Å². The van der Waals surface area contributed by atoms with Crippen LogP contribution in [-0.2, 0) is 5.41 Å². The first-order valence-electron chi connectivity index (χ1n) is 19.7. The van der Waals surface area contributed by atoms with Crippen molar-refractivity contribution in [1.29, 1.82) is 0 Å². The van der Waals surface area contributed by atoms with Crippen LogP contribution in [0, 0.1) is 0 Å². The van der Waals surface area contributed by atoms with Crippen LogP contribution in [0.5, 0.6) is 11.5 Å². The van der Waals surface area contributed by atoms with Gasteiger partial charge in [-0.05, 0) is 106 Å². The summed E-state index contributed by atoms with van der Waals surface area (Å²) in [6.07, 6.45) is 5.69. The molecule has 7 aromatic rings. The fourth-order valence-corrected chi connectivity index (χ4v) is 8.79. The predicted molar refractivity (Wildman–Crippen MR) is 243 cm³/mol. The Labute approximate surface area is 345 Å². The Balaban J connectivity index is 0.985. The molecule has 0 fully saturated rings. The van der Waals surface area contributed by atoms with E-state index in [1.807, 2.05) is 95.9 Å². The van der Waals surface area contributed by atoms with E-state index in [0.717, 1.165) is 61.6 Å². The van der Waals surface area contributed by atoms with Crippen molar-refractivity contribution in [3.8, 4) is 22.6 Å². The Morgan fingerprint density at radius 2 is 1.03 bits per heavy atom. The van der Waals surface area contributed by atoms with Gasteiger partial charge in [0.25, 0.3) is 0 Å². The van der Waals surface area contributed by atoms with Gasteiger partial charge in [0.1, 0.15) is 28.8 Å². The zero-order chi connectivity index (χ0) is 40.4. The number of benzene rings is 6. The number of rotatable bonds is 8. The maximum atomic E-state index is 6.74. The van der Waals surface area contributed by atoms with E-state index in [4.69, 9.17) is 9.47 Å². The molecule has 3 heterocycles. The van der Waals surface area contributed by atoms with Crippen molar-refractivity contribution in [2.75, 3.05) is 9.80 Å². The van der Waals surface area contributed by atoms with Crippen LogP contribution in [0.2, 0.25) is 0 Å². The van der Waals surface area contributed by atoms with Crippen LogP contribution >= 0.6 is 0 Å². The first-order valence-corrected chi connectivity index (χ1v) is 19.7. The number of hydrogen-bond donors (Lipinski definition) is 0. The fourth-order valence-electron chi connectivity index (χ4n) is 8.79. The lowest BCUT2D eigenvalue weighted by Gasteiger charge is -2.31. The molecule has 1 aliphatic carbocycles. The van der Waals surface area contributed by atoms with E-state index < -0.39 is 0 Å². The number of ether oxygens (including phenoxy) is 2. The van der Waals surface area contributed by atoms with Crippen molar-refractivity contribution in [2.24, 2.45) is 0 Å². The summed E-state index contributed by atoms with van der Waals surface area (Å²) in [6.45, 7) is 22.8. The second-order valence-electron chi connectivity index (χ2n) is 15.6.